The van der Waals surface area contributed by atoms with Crippen molar-refractivity contribution in [2.45, 2.75) is 44.8 Å². The lowest BCUT2D eigenvalue weighted by molar-refractivity contribution is -0.120. The summed E-state index contributed by atoms with van der Waals surface area (Å²) in [4.78, 5) is 13.8. The number of rotatable bonds is 3. The van der Waals surface area contributed by atoms with Gasteiger partial charge < -0.3 is 14.8 Å². The van der Waals surface area contributed by atoms with Crippen LogP contribution in [0.25, 0.3) is 0 Å². The van der Waals surface area contributed by atoms with Crippen molar-refractivity contribution in [3.63, 3.8) is 0 Å². The summed E-state index contributed by atoms with van der Waals surface area (Å²) in [5, 5.41) is 3.07. The Morgan fingerprint density at radius 3 is 2.55 bits per heavy atom. The molecule has 5 heteroatoms. The summed E-state index contributed by atoms with van der Waals surface area (Å²) in [5.41, 5.74) is 2.66. The second-order valence-electron chi connectivity index (χ2n) is 6.23. The minimum absolute atomic E-state index is 0.0704. The number of benzene rings is 1. The van der Waals surface area contributed by atoms with Crippen molar-refractivity contribution in [3.05, 3.63) is 23.3 Å². The Kier molecular flexibility index (Phi) is 4.25. The third-order valence-electron chi connectivity index (χ3n) is 4.78. The lowest BCUT2D eigenvalue weighted by Crippen LogP contribution is -2.51. The van der Waals surface area contributed by atoms with E-state index in [1.54, 1.807) is 21.1 Å². The van der Waals surface area contributed by atoms with Crippen LogP contribution < -0.4 is 14.8 Å². The zero-order valence-corrected chi connectivity index (χ0v) is 13.5. The van der Waals surface area contributed by atoms with Crippen LogP contribution in [0.4, 0.5) is 0 Å². The molecule has 22 heavy (non-hydrogen) atoms. The maximum atomic E-state index is 11.3. The summed E-state index contributed by atoms with van der Waals surface area (Å²) >= 11 is 0. The van der Waals surface area contributed by atoms with Gasteiger partial charge in [0.15, 0.2) is 11.5 Å². The SMILES string of the molecule is COc1cc2c(cc1OC)CN1CC[C@H](NC(C)=O)C[C@@H]1C2. The fourth-order valence-electron chi connectivity index (χ4n) is 3.71. The number of hydrogen-bond donors (Lipinski definition) is 1. The molecule has 2 aliphatic heterocycles. The molecular weight excluding hydrogens is 280 g/mol. The predicted molar refractivity (Wildman–Crippen MR) is 84.3 cm³/mol. The van der Waals surface area contributed by atoms with Gasteiger partial charge in [-0.15, -0.1) is 0 Å². The van der Waals surface area contributed by atoms with Crippen LogP contribution in [0.15, 0.2) is 12.1 Å². The lowest BCUT2D eigenvalue weighted by atomic mass is 9.86. The molecule has 2 heterocycles. The van der Waals surface area contributed by atoms with E-state index in [1.165, 1.54) is 11.1 Å². The third kappa shape index (κ3) is 2.90. The number of piperidine rings is 1. The van der Waals surface area contributed by atoms with Gasteiger partial charge in [0.2, 0.25) is 5.91 Å². The van der Waals surface area contributed by atoms with E-state index in [-0.39, 0.29) is 5.91 Å². The van der Waals surface area contributed by atoms with E-state index in [0.29, 0.717) is 12.1 Å². The highest BCUT2D eigenvalue weighted by molar-refractivity contribution is 5.73. The Balaban J connectivity index is 1.80. The Morgan fingerprint density at radius 1 is 1.23 bits per heavy atom. The van der Waals surface area contributed by atoms with Crippen LogP contribution in [0.3, 0.4) is 0 Å². The molecule has 0 spiro atoms. The molecular formula is C17H24N2O3. The van der Waals surface area contributed by atoms with E-state index in [9.17, 15) is 4.79 Å². The summed E-state index contributed by atoms with van der Waals surface area (Å²) < 4.78 is 10.8. The van der Waals surface area contributed by atoms with Crippen molar-refractivity contribution >= 4 is 5.91 Å². The number of ether oxygens (including phenoxy) is 2. The van der Waals surface area contributed by atoms with E-state index in [1.807, 2.05) is 0 Å². The number of fused-ring (bicyclic) bond motifs is 2. The summed E-state index contributed by atoms with van der Waals surface area (Å²) in [6, 6.07) is 5.01. The van der Waals surface area contributed by atoms with Crippen molar-refractivity contribution in [1.29, 1.82) is 0 Å². The van der Waals surface area contributed by atoms with Gasteiger partial charge in [-0.2, -0.15) is 0 Å². The summed E-state index contributed by atoms with van der Waals surface area (Å²) in [6.07, 6.45) is 3.05. The van der Waals surface area contributed by atoms with Crippen molar-refractivity contribution in [2.75, 3.05) is 20.8 Å². The zero-order chi connectivity index (χ0) is 15.7. The summed E-state index contributed by atoms with van der Waals surface area (Å²) in [7, 11) is 3.35. The predicted octanol–water partition coefficient (Wildman–Crippen LogP) is 1.73. The number of amides is 1. The molecule has 0 radical (unpaired) electrons. The van der Waals surface area contributed by atoms with Crippen LogP contribution in [0.2, 0.25) is 0 Å². The highest BCUT2D eigenvalue weighted by atomic mass is 16.5. The molecule has 2 aliphatic rings. The molecule has 1 aromatic rings. The first-order valence-corrected chi connectivity index (χ1v) is 7.85. The van der Waals surface area contributed by atoms with Gasteiger partial charge in [0.1, 0.15) is 0 Å². The topological polar surface area (TPSA) is 50.8 Å². The Hall–Kier alpha value is -1.75. The van der Waals surface area contributed by atoms with Gasteiger partial charge in [-0.1, -0.05) is 0 Å². The largest absolute Gasteiger partial charge is 0.493 e. The van der Waals surface area contributed by atoms with Gasteiger partial charge in [0.25, 0.3) is 0 Å². The Bertz CT molecular complexity index is 573. The molecule has 1 fully saturated rings. The average molecular weight is 304 g/mol. The van der Waals surface area contributed by atoms with Gasteiger partial charge in [-0.25, -0.2) is 0 Å². The molecule has 1 amide bonds. The quantitative estimate of drug-likeness (QED) is 0.924. The second-order valence-corrected chi connectivity index (χ2v) is 6.23. The van der Waals surface area contributed by atoms with E-state index in [2.05, 4.69) is 22.3 Å². The van der Waals surface area contributed by atoms with Crippen LogP contribution >= 0.6 is 0 Å². The van der Waals surface area contributed by atoms with Crippen LogP contribution in [-0.4, -0.2) is 43.7 Å². The van der Waals surface area contributed by atoms with Gasteiger partial charge in [0, 0.05) is 32.1 Å². The van der Waals surface area contributed by atoms with E-state index < -0.39 is 0 Å². The van der Waals surface area contributed by atoms with E-state index in [0.717, 1.165) is 43.9 Å². The van der Waals surface area contributed by atoms with Crippen LogP contribution in [0.1, 0.15) is 30.9 Å². The number of carbonyl (C=O) groups is 1. The molecule has 0 bridgehead atoms. The highest BCUT2D eigenvalue weighted by Gasteiger charge is 2.33. The van der Waals surface area contributed by atoms with Crippen molar-refractivity contribution in [1.82, 2.24) is 10.2 Å². The van der Waals surface area contributed by atoms with Crippen molar-refractivity contribution < 1.29 is 14.3 Å². The minimum atomic E-state index is 0.0704. The van der Waals surface area contributed by atoms with Crippen LogP contribution in [0, 0.1) is 0 Å². The van der Waals surface area contributed by atoms with Gasteiger partial charge in [-0.3, -0.25) is 9.69 Å². The summed E-state index contributed by atoms with van der Waals surface area (Å²) in [5.74, 6) is 1.66. The third-order valence-corrected chi connectivity index (χ3v) is 4.78. The monoisotopic (exact) mass is 304 g/mol. The highest BCUT2D eigenvalue weighted by Crippen LogP contribution is 2.36. The smallest absolute Gasteiger partial charge is 0.217 e. The number of carbonyl (C=O) groups excluding carboxylic acids is 1. The van der Waals surface area contributed by atoms with Crippen molar-refractivity contribution in [2.24, 2.45) is 0 Å². The molecule has 0 unspecified atom stereocenters. The lowest BCUT2D eigenvalue weighted by Gasteiger charge is -2.43. The molecule has 0 saturated carbocycles. The number of hydrogen-bond acceptors (Lipinski definition) is 4. The molecule has 120 valence electrons. The second kappa shape index (κ2) is 6.16. The number of nitrogens with one attached hydrogen (secondary N) is 1. The molecule has 3 rings (SSSR count). The van der Waals surface area contributed by atoms with Gasteiger partial charge >= 0.3 is 0 Å². The fourth-order valence-corrected chi connectivity index (χ4v) is 3.71. The minimum Gasteiger partial charge on any atom is -0.493 e. The normalized spacial score (nSPS) is 24.1. The first kappa shape index (κ1) is 15.2. The molecule has 5 nitrogen and oxygen atoms in total. The number of methoxy groups -OCH3 is 2. The van der Waals surface area contributed by atoms with Crippen molar-refractivity contribution in [3.8, 4) is 11.5 Å². The first-order valence-electron chi connectivity index (χ1n) is 7.85. The molecule has 0 aromatic heterocycles. The molecule has 0 aliphatic carbocycles. The molecule has 1 N–H and O–H groups in total. The number of nitrogens with zero attached hydrogens (tertiary/aromatic N) is 1. The van der Waals surface area contributed by atoms with E-state index in [4.69, 9.17) is 9.47 Å². The molecule has 1 aromatic carbocycles. The van der Waals surface area contributed by atoms with Crippen LogP contribution in [-0.2, 0) is 17.8 Å². The molecule has 2 atom stereocenters. The van der Waals surface area contributed by atoms with Gasteiger partial charge in [0.05, 0.1) is 14.2 Å². The van der Waals surface area contributed by atoms with Crippen LogP contribution in [0.5, 0.6) is 11.5 Å². The maximum Gasteiger partial charge on any atom is 0.217 e. The average Bonchev–Trinajstić information content (AvgIpc) is 2.51. The fraction of sp³-hybridized carbons (Fsp3) is 0.588. The van der Waals surface area contributed by atoms with Gasteiger partial charge in [-0.05, 0) is 42.5 Å². The molecule has 1 saturated heterocycles. The first-order chi connectivity index (χ1) is 10.6. The maximum absolute atomic E-state index is 11.3. The van der Waals surface area contributed by atoms with E-state index >= 15 is 0 Å². The zero-order valence-electron chi connectivity index (χ0n) is 13.5. The standard InChI is InChI=1S/C17H24N2O3/c1-11(20)18-14-4-5-19-10-13-8-17(22-3)16(21-2)7-12(13)6-15(19)9-14/h7-8,14-15H,4-6,9-10H2,1-3H3,(H,18,20)/t14-,15-/m0/s1. The summed E-state index contributed by atoms with van der Waals surface area (Å²) in [6.45, 7) is 3.58. The Morgan fingerprint density at radius 2 is 1.91 bits per heavy atom. The Labute approximate surface area is 131 Å².